The number of aryl methyl sites for hydroxylation is 1. The maximum absolute atomic E-state index is 12.2. The number of rotatable bonds is 13. The molecule has 152 valence electrons. The Morgan fingerprint density at radius 2 is 1.11 bits per heavy atom. The molecule has 0 unspecified atom stereocenters. The molecule has 2 aromatic rings. The van der Waals surface area contributed by atoms with Gasteiger partial charge < -0.3 is 0 Å². The third-order valence-corrected chi connectivity index (χ3v) is 5.30. The molecular weight excluding hydrogens is 350 g/mol. The zero-order valence-corrected chi connectivity index (χ0v) is 17.2. The van der Waals surface area contributed by atoms with Crippen molar-refractivity contribution in [2.75, 3.05) is 0 Å². The molecule has 0 N–H and O–H groups in total. The molecule has 0 aliphatic carbocycles. The van der Waals surface area contributed by atoms with Gasteiger partial charge in [0, 0.05) is 0 Å². The van der Waals surface area contributed by atoms with Gasteiger partial charge in [-0.05, 0) is 47.6 Å². The van der Waals surface area contributed by atoms with Crippen molar-refractivity contribution in [3.63, 3.8) is 0 Å². The van der Waals surface area contributed by atoms with Crippen molar-refractivity contribution in [2.45, 2.75) is 77.6 Å². The van der Waals surface area contributed by atoms with E-state index < -0.39 is 6.08 Å². The molecule has 0 aliphatic rings. The number of unbranched alkanes of at least 4 members (excludes halogenated alkanes) is 8. The number of benzene rings is 2. The Hall–Kier alpha value is -1.96. The molecule has 0 heterocycles. The molecule has 0 aromatic heterocycles. The van der Waals surface area contributed by atoms with Crippen LogP contribution in [-0.2, 0) is 12.8 Å². The molecular formula is C26H34F2. The summed E-state index contributed by atoms with van der Waals surface area (Å²) in [6.07, 6.45) is 13.0. The SMILES string of the molecule is CCCCCCCCCCCc1ccc(-c2ccc(CC=C(F)F)cc2)cc1. The van der Waals surface area contributed by atoms with E-state index in [1.54, 1.807) is 0 Å². The molecule has 0 aliphatic heterocycles. The van der Waals surface area contributed by atoms with Crippen LogP contribution in [0, 0.1) is 0 Å². The Morgan fingerprint density at radius 1 is 0.643 bits per heavy atom. The van der Waals surface area contributed by atoms with Gasteiger partial charge in [-0.1, -0.05) is 107 Å². The second-order valence-electron chi connectivity index (χ2n) is 7.67. The fraction of sp³-hybridized carbons (Fsp3) is 0.462. The molecule has 0 atom stereocenters. The summed E-state index contributed by atoms with van der Waals surface area (Å²) in [5.74, 6) is 0. The molecule has 0 radical (unpaired) electrons. The minimum atomic E-state index is -1.62. The molecule has 0 saturated heterocycles. The maximum Gasteiger partial charge on any atom is 0.266 e. The molecule has 0 fully saturated rings. The first-order valence-corrected chi connectivity index (χ1v) is 10.9. The number of hydrogen-bond donors (Lipinski definition) is 0. The van der Waals surface area contributed by atoms with E-state index in [0.29, 0.717) is 0 Å². The lowest BCUT2D eigenvalue weighted by molar-refractivity contribution is 0.418. The molecule has 0 saturated carbocycles. The van der Waals surface area contributed by atoms with Gasteiger partial charge in [-0.2, -0.15) is 8.78 Å². The fourth-order valence-electron chi connectivity index (χ4n) is 3.53. The summed E-state index contributed by atoms with van der Waals surface area (Å²) in [5.41, 5.74) is 4.60. The van der Waals surface area contributed by atoms with Crippen molar-refractivity contribution in [3.8, 4) is 11.1 Å². The normalized spacial score (nSPS) is 10.8. The lowest BCUT2D eigenvalue weighted by Gasteiger charge is -2.06. The summed E-state index contributed by atoms with van der Waals surface area (Å²) in [6.45, 7) is 2.26. The maximum atomic E-state index is 12.2. The largest absolute Gasteiger partial charge is 0.266 e. The average molecular weight is 385 g/mol. The fourth-order valence-corrected chi connectivity index (χ4v) is 3.53. The van der Waals surface area contributed by atoms with Crippen LogP contribution in [0.4, 0.5) is 8.78 Å². The van der Waals surface area contributed by atoms with Gasteiger partial charge in [0.05, 0.1) is 0 Å². The van der Waals surface area contributed by atoms with Crippen LogP contribution in [0.3, 0.4) is 0 Å². The molecule has 2 rings (SSSR count). The Bertz CT molecular complexity index is 679. The molecule has 2 heteroatoms. The van der Waals surface area contributed by atoms with Crippen LogP contribution in [0.2, 0.25) is 0 Å². The van der Waals surface area contributed by atoms with Crippen molar-refractivity contribution in [3.05, 3.63) is 71.8 Å². The van der Waals surface area contributed by atoms with Crippen molar-refractivity contribution >= 4 is 0 Å². The molecule has 0 nitrogen and oxygen atoms in total. The van der Waals surface area contributed by atoms with E-state index in [4.69, 9.17) is 0 Å². The molecule has 0 amide bonds. The lowest BCUT2D eigenvalue weighted by atomic mass is 9.99. The highest BCUT2D eigenvalue weighted by atomic mass is 19.3. The first kappa shape index (κ1) is 22.3. The summed E-state index contributed by atoms with van der Waals surface area (Å²) >= 11 is 0. The second-order valence-corrected chi connectivity index (χ2v) is 7.67. The lowest BCUT2D eigenvalue weighted by Crippen LogP contribution is -1.88. The quantitative estimate of drug-likeness (QED) is 0.303. The van der Waals surface area contributed by atoms with E-state index in [0.717, 1.165) is 23.6 Å². The van der Waals surface area contributed by atoms with Gasteiger partial charge in [-0.3, -0.25) is 0 Å². The highest BCUT2D eigenvalue weighted by Crippen LogP contribution is 2.22. The van der Waals surface area contributed by atoms with Gasteiger partial charge in [0.15, 0.2) is 0 Å². The van der Waals surface area contributed by atoms with Crippen LogP contribution in [0.5, 0.6) is 0 Å². The average Bonchev–Trinajstić information content (AvgIpc) is 2.72. The predicted octanol–water partition coefficient (Wildman–Crippen LogP) is 8.75. The van der Waals surface area contributed by atoms with Crippen molar-refractivity contribution in [1.29, 1.82) is 0 Å². The number of hydrogen-bond acceptors (Lipinski definition) is 0. The van der Waals surface area contributed by atoms with Crippen LogP contribution in [0.15, 0.2) is 60.7 Å². The van der Waals surface area contributed by atoms with Gasteiger partial charge in [0.25, 0.3) is 6.08 Å². The van der Waals surface area contributed by atoms with Crippen molar-refractivity contribution < 1.29 is 8.78 Å². The summed E-state index contributed by atoms with van der Waals surface area (Å²) in [4.78, 5) is 0. The smallest absolute Gasteiger partial charge is 0.174 e. The Balaban J connectivity index is 1.69. The van der Waals surface area contributed by atoms with Crippen molar-refractivity contribution in [1.82, 2.24) is 0 Å². The molecule has 0 spiro atoms. The zero-order chi connectivity index (χ0) is 20.0. The van der Waals surface area contributed by atoms with Gasteiger partial charge in [0.2, 0.25) is 0 Å². The summed E-state index contributed by atoms with van der Waals surface area (Å²) in [6, 6.07) is 16.6. The highest BCUT2D eigenvalue weighted by Gasteiger charge is 2.00. The van der Waals surface area contributed by atoms with Crippen LogP contribution < -0.4 is 0 Å². The third-order valence-electron chi connectivity index (χ3n) is 5.30. The summed E-state index contributed by atoms with van der Waals surface area (Å²) in [7, 11) is 0. The Labute approximate surface area is 169 Å². The van der Waals surface area contributed by atoms with E-state index in [1.165, 1.54) is 68.9 Å². The van der Waals surface area contributed by atoms with Gasteiger partial charge in [-0.15, -0.1) is 0 Å². The Morgan fingerprint density at radius 3 is 1.61 bits per heavy atom. The number of allylic oxidation sites excluding steroid dienone is 1. The van der Waals surface area contributed by atoms with E-state index in [1.807, 2.05) is 24.3 Å². The van der Waals surface area contributed by atoms with E-state index in [2.05, 4.69) is 31.2 Å². The third kappa shape index (κ3) is 8.82. The standard InChI is InChI=1S/C26H34F2/c1-2-3-4-5-6-7-8-9-10-11-22-12-17-24(18-13-22)25-19-14-23(15-20-25)16-21-26(27)28/h12-15,17-21H,2-11,16H2,1H3. The van der Waals surface area contributed by atoms with E-state index in [9.17, 15) is 8.78 Å². The summed E-state index contributed by atoms with van der Waals surface area (Å²) in [5, 5.41) is 0. The molecule has 2 aromatic carbocycles. The first-order chi connectivity index (χ1) is 13.7. The van der Waals surface area contributed by atoms with Crippen LogP contribution in [-0.4, -0.2) is 0 Å². The minimum absolute atomic E-state index is 0.278. The monoisotopic (exact) mass is 384 g/mol. The molecule has 28 heavy (non-hydrogen) atoms. The zero-order valence-electron chi connectivity index (χ0n) is 17.2. The van der Waals surface area contributed by atoms with Crippen LogP contribution >= 0.6 is 0 Å². The van der Waals surface area contributed by atoms with Crippen LogP contribution in [0.25, 0.3) is 11.1 Å². The van der Waals surface area contributed by atoms with Gasteiger partial charge >= 0.3 is 0 Å². The number of halogens is 2. The van der Waals surface area contributed by atoms with E-state index in [-0.39, 0.29) is 6.42 Å². The van der Waals surface area contributed by atoms with Gasteiger partial charge in [-0.25, -0.2) is 0 Å². The van der Waals surface area contributed by atoms with E-state index >= 15 is 0 Å². The minimum Gasteiger partial charge on any atom is -0.174 e. The second kappa shape index (κ2) is 13.3. The topological polar surface area (TPSA) is 0 Å². The van der Waals surface area contributed by atoms with Crippen molar-refractivity contribution in [2.24, 2.45) is 0 Å². The molecule has 0 bridgehead atoms. The first-order valence-electron chi connectivity index (χ1n) is 10.9. The predicted molar refractivity (Wildman–Crippen MR) is 117 cm³/mol. The summed E-state index contributed by atoms with van der Waals surface area (Å²) < 4.78 is 24.3. The Kier molecular flexibility index (Phi) is 10.6. The van der Waals surface area contributed by atoms with Gasteiger partial charge in [0.1, 0.15) is 0 Å². The van der Waals surface area contributed by atoms with Crippen LogP contribution in [0.1, 0.15) is 75.8 Å². The highest BCUT2D eigenvalue weighted by molar-refractivity contribution is 5.64.